The van der Waals surface area contributed by atoms with E-state index in [1.165, 1.54) is 11.9 Å². The fourth-order valence-electron chi connectivity index (χ4n) is 1.28. The standard InChI is InChI=1S/C10H12N4S/c11-9-4-2-1-3-8(9)5-6-15-10-12-7-13-14-10/h1-4,7H,5-6,11H2,(H,12,13,14). The SMILES string of the molecule is Nc1ccccc1CCSc1ncn[nH]1. The first-order valence-corrected chi connectivity index (χ1v) is 5.66. The number of nitrogens with two attached hydrogens (primary N) is 1. The molecule has 0 atom stereocenters. The molecule has 0 saturated carbocycles. The minimum Gasteiger partial charge on any atom is -0.399 e. The number of benzene rings is 1. The van der Waals surface area contributed by atoms with Gasteiger partial charge in [0.2, 0.25) is 0 Å². The van der Waals surface area contributed by atoms with Gasteiger partial charge in [0.25, 0.3) is 0 Å². The van der Waals surface area contributed by atoms with Gasteiger partial charge in [-0.05, 0) is 18.1 Å². The second kappa shape index (κ2) is 4.84. The number of rotatable bonds is 4. The van der Waals surface area contributed by atoms with Gasteiger partial charge in [-0.2, -0.15) is 5.10 Å². The third-order valence-electron chi connectivity index (χ3n) is 2.06. The van der Waals surface area contributed by atoms with Gasteiger partial charge >= 0.3 is 0 Å². The molecule has 2 rings (SSSR count). The van der Waals surface area contributed by atoms with Crippen LogP contribution < -0.4 is 5.73 Å². The van der Waals surface area contributed by atoms with Gasteiger partial charge in [-0.25, -0.2) is 4.98 Å². The molecule has 1 aromatic carbocycles. The predicted molar refractivity (Wildman–Crippen MR) is 61.7 cm³/mol. The molecule has 0 bridgehead atoms. The lowest BCUT2D eigenvalue weighted by Crippen LogP contribution is -1.95. The molecule has 0 spiro atoms. The number of H-pyrrole nitrogens is 1. The second-order valence-electron chi connectivity index (χ2n) is 3.09. The van der Waals surface area contributed by atoms with Gasteiger partial charge in [-0.1, -0.05) is 30.0 Å². The molecule has 0 fully saturated rings. The lowest BCUT2D eigenvalue weighted by atomic mass is 10.1. The van der Waals surface area contributed by atoms with E-state index in [9.17, 15) is 0 Å². The number of aryl methyl sites for hydroxylation is 1. The van der Waals surface area contributed by atoms with Crippen molar-refractivity contribution in [2.75, 3.05) is 11.5 Å². The first-order valence-electron chi connectivity index (χ1n) is 4.68. The first kappa shape index (κ1) is 10.0. The summed E-state index contributed by atoms with van der Waals surface area (Å²) in [5.74, 6) is 0.948. The minimum atomic E-state index is 0.851. The van der Waals surface area contributed by atoms with Crippen molar-refractivity contribution in [3.63, 3.8) is 0 Å². The zero-order chi connectivity index (χ0) is 10.5. The smallest absolute Gasteiger partial charge is 0.183 e. The Morgan fingerprint density at radius 1 is 1.33 bits per heavy atom. The average molecular weight is 220 g/mol. The molecule has 2 aromatic rings. The Morgan fingerprint density at radius 2 is 2.20 bits per heavy atom. The van der Waals surface area contributed by atoms with Gasteiger partial charge in [0.15, 0.2) is 5.16 Å². The van der Waals surface area contributed by atoms with Crippen LogP contribution in [0, 0.1) is 0 Å². The van der Waals surface area contributed by atoms with Gasteiger partial charge < -0.3 is 5.73 Å². The van der Waals surface area contributed by atoms with Gasteiger partial charge in [0, 0.05) is 11.4 Å². The molecule has 1 aromatic heterocycles. The number of thioether (sulfide) groups is 1. The van der Waals surface area contributed by atoms with Crippen molar-refractivity contribution in [1.82, 2.24) is 15.2 Å². The van der Waals surface area contributed by atoms with Gasteiger partial charge in [-0.15, -0.1) is 0 Å². The highest BCUT2D eigenvalue weighted by Crippen LogP contribution is 2.16. The van der Waals surface area contributed by atoms with Crippen LogP contribution in [-0.4, -0.2) is 20.9 Å². The molecule has 0 radical (unpaired) electrons. The third-order valence-corrected chi connectivity index (χ3v) is 2.94. The van der Waals surface area contributed by atoms with Gasteiger partial charge in [0.05, 0.1) is 0 Å². The summed E-state index contributed by atoms with van der Waals surface area (Å²) in [7, 11) is 0. The number of nitrogens with one attached hydrogen (secondary N) is 1. The minimum absolute atomic E-state index is 0.851. The summed E-state index contributed by atoms with van der Waals surface area (Å²) in [4.78, 5) is 4.03. The summed E-state index contributed by atoms with van der Waals surface area (Å²) in [6, 6.07) is 7.93. The van der Waals surface area contributed by atoms with E-state index in [1.807, 2.05) is 18.2 Å². The second-order valence-corrected chi connectivity index (χ2v) is 4.17. The Balaban J connectivity index is 1.86. The van der Waals surface area contributed by atoms with Crippen molar-refractivity contribution in [2.45, 2.75) is 11.6 Å². The fourth-order valence-corrected chi connectivity index (χ4v) is 2.04. The maximum atomic E-state index is 5.83. The van der Waals surface area contributed by atoms with Crippen molar-refractivity contribution < 1.29 is 0 Å². The van der Waals surface area contributed by atoms with E-state index in [0.29, 0.717) is 0 Å². The molecule has 5 heteroatoms. The Labute approximate surface area is 92.3 Å². The Hall–Kier alpha value is -1.49. The number of hydrogen-bond acceptors (Lipinski definition) is 4. The quantitative estimate of drug-likeness (QED) is 0.608. The molecule has 15 heavy (non-hydrogen) atoms. The normalized spacial score (nSPS) is 10.4. The third kappa shape index (κ3) is 2.73. The molecule has 3 N–H and O–H groups in total. The van der Waals surface area contributed by atoms with E-state index in [0.717, 1.165) is 23.0 Å². The Bertz CT molecular complexity index is 413. The first-order chi connectivity index (χ1) is 7.36. The summed E-state index contributed by atoms with van der Waals surface area (Å²) in [5.41, 5.74) is 7.88. The monoisotopic (exact) mass is 220 g/mol. The van der Waals surface area contributed by atoms with E-state index >= 15 is 0 Å². The van der Waals surface area contributed by atoms with Crippen LogP contribution in [0.2, 0.25) is 0 Å². The number of anilines is 1. The molecule has 0 saturated heterocycles. The highest BCUT2D eigenvalue weighted by molar-refractivity contribution is 7.99. The number of aromatic amines is 1. The molecule has 0 unspecified atom stereocenters. The molecule has 1 heterocycles. The van der Waals surface area contributed by atoms with Crippen LogP contribution in [0.5, 0.6) is 0 Å². The van der Waals surface area contributed by atoms with Crippen molar-refractivity contribution in [1.29, 1.82) is 0 Å². The molecular weight excluding hydrogens is 208 g/mol. The van der Waals surface area contributed by atoms with Crippen LogP contribution in [0.25, 0.3) is 0 Å². The van der Waals surface area contributed by atoms with Crippen LogP contribution in [0.15, 0.2) is 35.7 Å². The largest absolute Gasteiger partial charge is 0.399 e. The number of aromatic nitrogens is 3. The van der Waals surface area contributed by atoms with Gasteiger partial charge in [0.1, 0.15) is 6.33 Å². The van der Waals surface area contributed by atoms with Crippen LogP contribution >= 0.6 is 11.8 Å². The molecule has 0 amide bonds. The zero-order valence-electron chi connectivity index (χ0n) is 8.18. The Kier molecular flexibility index (Phi) is 3.24. The summed E-state index contributed by atoms with van der Waals surface area (Å²) in [6.07, 6.45) is 2.46. The molecular formula is C10H12N4S. The number of nitrogens with zero attached hydrogens (tertiary/aromatic N) is 2. The van der Waals surface area contributed by atoms with Crippen LogP contribution in [0.1, 0.15) is 5.56 Å². The highest BCUT2D eigenvalue weighted by Gasteiger charge is 2.00. The van der Waals surface area contributed by atoms with Crippen molar-refractivity contribution in [3.05, 3.63) is 36.2 Å². The van der Waals surface area contributed by atoms with Crippen molar-refractivity contribution in [3.8, 4) is 0 Å². The van der Waals surface area contributed by atoms with E-state index in [2.05, 4.69) is 21.2 Å². The maximum absolute atomic E-state index is 5.83. The lowest BCUT2D eigenvalue weighted by molar-refractivity contribution is 0.970. The lowest BCUT2D eigenvalue weighted by Gasteiger charge is -2.03. The van der Waals surface area contributed by atoms with E-state index in [1.54, 1.807) is 11.8 Å². The average Bonchev–Trinajstić information content (AvgIpc) is 2.74. The van der Waals surface area contributed by atoms with Crippen LogP contribution in [0.4, 0.5) is 5.69 Å². The molecule has 4 nitrogen and oxygen atoms in total. The van der Waals surface area contributed by atoms with Crippen molar-refractivity contribution >= 4 is 17.4 Å². The molecule has 0 aliphatic carbocycles. The summed E-state index contributed by atoms with van der Waals surface area (Å²) < 4.78 is 0. The number of nitrogen functional groups attached to an aromatic ring is 1. The molecule has 78 valence electrons. The van der Waals surface area contributed by atoms with Gasteiger partial charge in [-0.3, -0.25) is 5.10 Å². The van der Waals surface area contributed by atoms with E-state index < -0.39 is 0 Å². The van der Waals surface area contributed by atoms with Crippen molar-refractivity contribution in [2.24, 2.45) is 0 Å². The molecule has 0 aliphatic heterocycles. The maximum Gasteiger partial charge on any atom is 0.183 e. The van der Waals surface area contributed by atoms with Crippen LogP contribution in [-0.2, 0) is 6.42 Å². The topological polar surface area (TPSA) is 67.6 Å². The number of hydrogen-bond donors (Lipinski definition) is 2. The van der Waals surface area contributed by atoms with E-state index in [-0.39, 0.29) is 0 Å². The summed E-state index contributed by atoms with van der Waals surface area (Å²) in [6.45, 7) is 0. The zero-order valence-corrected chi connectivity index (χ0v) is 9.00. The summed E-state index contributed by atoms with van der Waals surface area (Å²) in [5, 5.41) is 7.44. The number of para-hydroxylation sites is 1. The summed E-state index contributed by atoms with van der Waals surface area (Å²) >= 11 is 1.65. The fraction of sp³-hybridized carbons (Fsp3) is 0.200. The molecule has 0 aliphatic rings. The van der Waals surface area contributed by atoms with E-state index in [4.69, 9.17) is 5.73 Å². The predicted octanol–water partition coefficient (Wildman–Crippen LogP) is 1.72. The Morgan fingerprint density at radius 3 is 2.93 bits per heavy atom. The van der Waals surface area contributed by atoms with Crippen LogP contribution in [0.3, 0.4) is 0 Å². The highest BCUT2D eigenvalue weighted by atomic mass is 32.2.